The predicted molar refractivity (Wildman–Crippen MR) is 93.8 cm³/mol. The SMILES string of the molecule is CCN1CCc2ccc(NC(=O)c3ccc([N+](=O)[O-])c(C)c3)cc21. The van der Waals surface area contributed by atoms with Crippen LogP contribution >= 0.6 is 0 Å². The molecule has 1 aliphatic heterocycles. The number of aryl methyl sites for hydroxylation is 1. The molecule has 124 valence electrons. The number of nitrogens with one attached hydrogen (secondary N) is 1. The summed E-state index contributed by atoms with van der Waals surface area (Å²) < 4.78 is 0. The average molecular weight is 325 g/mol. The third-order valence-corrected chi connectivity index (χ3v) is 4.37. The van der Waals surface area contributed by atoms with Crippen molar-refractivity contribution in [2.45, 2.75) is 20.3 Å². The smallest absolute Gasteiger partial charge is 0.272 e. The van der Waals surface area contributed by atoms with Crippen LogP contribution in [0.25, 0.3) is 0 Å². The van der Waals surface area contributed by atoms with Crippen molar-refractivity contribution in [2.75, 3.05) is 23.3 Å². The van der Waals surface area contributed by atoms with Crippen LogP contribution in [-0.4, -0.2) is 23.9 Å². The van der Waals surface area contributed by atoms with Gasteiger partial charge in [0.2, 0.25) is 0 Å². The van der Waals surface area contributed by atoms with Crippen LogP contribution in [0.5, 0.6) is 0 Å². The first-order chi connectivity index (χ1) is 11.5. The van der Waals surface area contributed by atoms with Crippen molar-refractivity contribution in [1.29, 1.82) is 0 Å². The zero-order chi connectivity index (χ0) is 17.3. The summed E-state index contributed by atoms with van der Waals surface area (Å²) in [6.45, 7) is 5.68. The molecule has 0 unspecified atom stereocenters. The second kappa shape index (κ2) is 6.31. The van der Waals surface area contributed by atoms with Gasteiger partial charge < -0.3 is 10.2 Å². The summed E-state index contributed by atoms with van der Waals surface area (Å²) in [5.41, 5.74) is 4.08. The molecule has 0 spiro atoms. The number of benzene rings is 2. The van der Waals surface area contributed by atoms with Crippen LogP contribution in [0.15, 0.2) is 36.4 Å². The maximum Gasteiger partial charge on any atom is 0.272 e. The number of hydrogen-bond acceptors (Lipinski definition) is 4. The Hall–Kier alpha value is -2.89. The molecular weight excluding hydrogens is 306 g/mol. The Morgan fingerprint density at radius 2 is 2.08 bits per heavy atom. The minimum Gasteiger partial charge on any atom is -0.371 e. The number of nitro benzene ring substituents is 1. The van der Waals surface area contributed by atoms with Gasteiger partial charge in [-0.25, -0.2) is 0 Å². The molecule has 6 nitrogen and oxygen atoms in total. The number of nitrogens with zero attached hydrogens (tertiary/aromatic N) is 2. The lowest BCUT2D eigenvalue weighted by atomic mass is 10.1. The minimum atomic E-state index is -0.448. The van der Waals surface area contributed by atoms with Gasteiger partial charge in [0, 0.05) is 41.7 Å². The van der Waals surface area contributed by atoms with E-state index in [0.717, 1.165) is 30.9 Å². The van der Waals surface area contributed by atoms with E-state index in [4.69, 9.17) is 0 Å². The number of likely N-dealkylation sites (N-methyl/N-ethyl adjacent to an activating group) is 1. The van der Waals surface area contributed by atoms with Crippen molar-refractivity contribution < 1.29 is 9.72 Å². The summed E-state index contributed by atoms with van der Waals surface area (Å²) in [7, 11) is 0. The second-order valence-corrected chi connectivity index (χ2v) is 5.89. The van der Waals surface area contributed by atoms with E-state index in [1.165, 1.54) is 17.7 Å². The largest absolute Gasteiger partial charge is 0.371 e. The fraction of sp³-hybridized carbons (Fsp3) is 0.278. The van der Waals surface area contributed by atoms with Crippen LogP contribution in [0.1, 0.15) is 28.4 Å². The van der Waals surface area contributed by atoms with Gasteiger partial charge in [0.25, 0.3) is 11.6 Å². The Morgan fingerprint density at radius 3 is 2.75 bits per heavy atom. The van der Waals surface area contributed by atoms with E-state index in [9.17, 15) is 14.9 Å². The molecule has 0 saturated carbocycles. The fourth-order valence-corrected chi connectivity index (χ4v) is 3.06. The lowest BCUT2D eigenvalue weighted by Gasteiger charge is -2.17. The van der Waals surface area contributed by atoms with E-state index in [2.05, 4.69) is 17.1 Å². The molecule has 0 fully saturated rings. The lowest BCUT2D eigenvalue weighted by molar-refractivity contribution is -0.385. The molecule has 24 heavy (non-hydrogen) atoms. The number of rotatable bonds is 4. The summed E-state index contributed by atoms with van der Waals surface area (Å²) in [6, 6.07) is 10.3. The molecule has 2 aromatic rings. The highest BCUT2D eigenvalue weighted by atomic mass is 16.6. The van der Waals surface area contributed by atoms with Crippen LogP contribution < -0.4 is 10.2 Å². The molecular formula is C18H19N3O3. The Balaban J connectivity index is 1.81. The van der Waals surface area contributed by atoms with Gasteiger partial charge in [-0.2, -0.15) is 0 Å². The topological polar surface area (TPSA) is 75.5 Å². The van der Waals surface area contributed by atoms with Gasteiger partial charge in [0.15, 0.2) is 0 Å². The highest BCUT2D eigenvalue weighted by Gasteiger charge is 2.19. The minimum absolute atomic E-state index is 0.0164. The molecule has 0 radical (unpaired) electrons. The highest BCUT2D eigenvalue weighted by Crippen LogP contribution is 2.30. The number of anilines is 2. The summed E-state index contributed by atoms with van der Waals surface area (Å²) in [5, 5.41) is 13.7. The van der Waals surface area contributed by atoms with Gasteiger partial charge in [-0.05, 0) is 50.1 Å². The number of nitro groups is 1. The standard InChI is InChI=1S/C18H19N3O3/c1-3-20-9-8-13-4-6-15(11-17(13)20)19-18(22)14-5-7-16(21(23)24)12(2)10-14/h4-7,10-11H,3,8-9H2,1-2H3,(H,19,22). The summed E-state index contributed by atoms with van der Waals surface area (Å²) in [4.78, 5) is 25.1. The maximum atomic E-state index is 12.4. The molecule has 3 rings (SSSR count). The zero-order valence-electron chi connectivity index (χ0n) is 13.7. The number of carbonyl (C=O) groups is 1. The van der Waals surface area contributed by atoms with Gasteiger partial charge in [-0.3, -0.25) is 14.9 Å². The van der Waals surface area contributed by atoms with Crippen molar-refractivity contribution in [3.05, 3.63) is 63.2 Å². The van der Waals surface area contributed by atoms with Crippen LogP contribution in [-0.2, 0) is 6.42 Å². The van der Waals surface area contributed by atoms with Crippen molar-refractivity contribution in [3.63, 3.8) is 0 Å². The van der Waals surface area contributed by atoms with E-state index >= 15 is 0 Å². The van der Waals surface area contributed by atoms with Gasteiger partial charge in [-0.1, -0.05) is 6.07 Å². The molecule has 1 aliphatic rings. The Kier molecular flexibility index (Phi) is 4.20. The lowest BCUT2D eigenvalue weighted by Crippen LogP contribution is -2.19. The molecule has 6 heteroatoms. The monoisotopic (exact) mass is 325 g/mol. The van der Waals surface area contributed by atoms with Gasteiger partial charge in [0.05, 0.1) is 4.92 Å². The van der Waals surface area contributed by atoms with Gasteiger partial charge in [-0.15, -0.1) is 0 Å². The predicted octanol–water partition coefficient (Wildman–Crippen LogP) is 3.54. The van der Waals surface area contributed by atoms with Gasteiger partial charge >= 0.3 is 0 Å². The van der Waals surface area contributed by atoms with E-state index in [1.54, 1.807) is 13.0 Å². The van der Waals surface area contributed by atoms with Gasteiger partial charge in [0.1, 0.15) is 0 Å². The Morgan fingerprint density at radius 1 is 1.29 bits per heavy atom. The fourth-order valence-electron chi connectivity index (χ4n) is 3.06. The van der Waals surface area contributed by atoms with Crippen molar-refractivity contribution in [2.24, 2.45) is 0 Å². The van der Waals surface area contributed by atoms with E-state index in [-0.39, 0.29) is 11.6 Å². The van der Waals surface area contributed by atoms with Crippen LogP contribution in [0, 0.1) is 17.0 Å². The van der Waals surface area contributed by atoms with Crippen molar-refractivity contribution >= 4 is 23.0 Å². The normalized spacial score (nSPS) is 12.8. The van der Waals surface area contributed by atoms with Crippen LogP contribution in [0.2, 0.25) is 0 Å². The molecule has 0 aliphatic carbocycles. The first-order valence-corrected chi connectivity index (χ1v) is 7.94. The third-order valence-electron chi connectivity index (χ3n) is 4.37. The first-order valence-electron chi connectivity index (χ1n) is 7.94. The average Bonchev–Trinajstić information content (AvgIpc) is 2.96. The Bertz CT molecular complexity index is 817. The number of amides is 1. The molecule has 0 saturated heterocycles. The first kappa shape index (κ1) is 16.0. The van der Waals surface area contributed by atoms with E-state index in [0.29, 0.717) is 11.1 Å². The molecule has 0 atom stereocenters. The third kappa shape index (κ3) is 2.95. The van der Waals surface area contributed by atoms with Crippen LogP contribution in [0.3, 0.4) is 0 Å². The molecule has 1 heterocycles. The molecule has 1 N–H and O–H groups in total. The molecule has 0 bridgehead atoms. The van der Waals surface area contributed by atoms with Crippen LogP contribution in [0.4, 0.5) is 17.1 Å². The highest BCUT2D eigenvalue weighted by molar-refractivity contribution is 6.04. The number of hydrogen-bond donors (Lipinski definition) is 1. The zero-order valence-corrected chi connectivity index (χ0v) is 13.7. The van der Waals surface area contributed by atoms with Crippen molar-refractivity contribution in [3.8, 4) is 0 Å². The van der Waals surface area contributed by atoms with E-state index in [1.807, 2.05) is 18.2 Å². The Labute approximate surface area is 140 Å². The quantitative estimate of drug-likeness (QED) is 0.689. The number of carbonyl (C=O) groups excluding carboxylic acids is 1. The molecule has 0 aromatic heterocycles. The summed E-state index contributed by atoms with van der Waals surface area (Å²) in [6.07, 6.45) is 1.03. The van der Waals surface area contributed by atoms with Crippen molar-refractivity contribution in [1.82, 2.24) is 0 Å². The van der Waals surface area contributed by atoms with E-state index < -0.39 is 4.92 Å². The number of fused-ring (bicyclic) bond motifs is 1. The second-order valence-electron chi connectivity index (χ2n) is 5.89. The summed E-state index contributed by atoms with van der Waals surface area (Å²) >= 11 is 0. The summed E-state index contributed by atoms with van der Waals surface area (Å²) in [5.74, 6) is -0.269. The molecule has 1 amide bonds. The molecule has 2 aromatic carbocycles. The maximum absolute atomic E-state index is 12.4.